The summed E-state index contributed by atoms with van der Waals surface area (Å²) in [6, 6.07) is 0. The molecular formula is C10H18O3S. The van der Waals surface area contributed by atoms with Gasteiger partial charge >= 0.3 is 5.97 Å². The molecule has 0 amide bonds. The fourth-order valence-corrected chi connectivity index (χ4v) is 4.06. The van der Waals surface area contributed by atoms with Crippen LogP contribution in [0.15, 0.2) is 0 Å². The molecule has 1 atom stereocenters. The molecule has 1 unspecified atom stereocenters. The summed E-state index contributed by atoms with van der Waals surface area (Å²) in [6.07, 6.45) is 3.82. The summed E-state index contributed by atoms with van der Waals surface area (Å²) in [5.74, 6) is 2.68. The molecular weight excluding hydrogens is 200 g/mol. The Kier molecular flexibility index (Phi) is 2.95. The number of aliphatic carboxylic acids is 1. The van der Waals surface area contributed by atoms with E-state index in [-0.39, 0.29) is 5.25 Å². The Morgan fingerprint density at radius 2 is 1.86 bits per heavy atom. The van der Waals surface area contributed by atoms with Gasteiger partial charge in [0.05, 0.1) is 0 Å². The zero-order valence-electron chi connectivity index (χ0n) is 8.78. The minimum absolute atomic E-state index is 0.00593. The fraction of sp³-hybridized carbons (Fsp3) is 0.800. The number of rotatable bonds is 3. The summed E-state index contributed by atoms with van der Waals surface area (Å²) >= 11 is 0. The van der Waals surface area contributed by atoms with Gasteiger partial charge in [-0.1, -0.05) is 12.8 Å². The van der Waals surface area contributed by atoms with Gasteiger partial charge in [-0.3, -0.25) is 9.00 Å². The van der Waals surface area contributed by atoms with Crippen molar-refractivity contribution < 1.29 is 14.1 Å². The lowest BCUT2D eigenvalue weighted by Gasteiger charge is -2.29. The molecule has 1 rings (SSSR count). The molecule has 1 aliphatic carbocycles. The van der Waals surface area contributed by atoms with Crippen LogP contribution in [-0.4, -0.2) is 31.2 Å². The van der Waals surface area contributed by atoms with Crippen LogP contribution in [0.2, 0.25) is 0 Å². The van der Waals surface area contributed by atoms with E-state index in [4.69, 9.17) is 5.11 Å². The average molecular weight is 218 g/mol. The predicted molar refractivity (Wildman–Crippen MR) is 59.2 cm³/mol. The maximum atomic E-state index is 12.4. The Labute approximate surface area is 85.5 Å². The van der Waals surface area contributed by atoms with Crippen LogP contribution in [0.3, 0.4) is 0 Å². The van der Waals surface area contributed by atoms with Crippen molar-refractivity contribution in [2.24, 2.45) is 0 Å². The summed E-state index contributed by atoms with van der Waals surface area (Å²) in [5, 5.41) is 9.01. The van der Waals surface area contributed by atoms with E-state index in [2.05, 4.69) is 5.87 Å². The second kappa shape index (κ2) is 3.57. The molecule has 1 fully saturated rings. The lowest BCUT2D eigenvalue weighted by molar-refractivity contribution is -0.139. The van der Waals surface area contributed by atoms with Gasteiger partial charge in [0.2, 0.25) is 0 Å². The van der Waals surface area contributed by atoms with Crippen molar-refractivity contribution >= 4 is 21.4 Å². The van der Waals surface area contributed by atoms with E-state index in [1.807, 2.05) is 0 Å². The second-order valence-electron chi connectivity index (χ2n) is 4.45. The first-order valence-corrected chi connectivity index (χ1v) is 6.68. The molecule has 1 saturated carbocycles. The number of carboxylic acid groups (broad SMARTS) is 1. The van der Waals surface area contributed by atoms with Crippen molar-refractivity contribution in [1.82, 2.24) is 0 Å². The number of carbonyl (C=O) groups is 1. The molecule has 0 heterocycles. The van der Waals surface area contributed by atoms with E-state index in [0.717, 1.165) is 25.7 Å². The molecule has 14 heavy (non-hydrogen) atoms. The van der Waals surface area contributed by atoms with Crippen LogP contribution in [0, 0.1) is 0 Å². The Bertz CT molecular complexity index is 321. The molecule has 82 valence electrons. The topological polar surface area (TPSA) is 54.4 Å². The molecule has 1 aliphatic rings. The summed E-state index contributed by atoms with van der Waals surface area (Å²) in [6.45, 7) is 3.03. The summed E-state index contributed by atoms with van der Waals surface area (Å²) in [5.41, 5.74) is 0. The third-order valence-corrected chi connectivity index (χ3v) is 6.67. The molecule has 0 aromatic heterocycles. The van der Waals surface area contributed by atoms with Gasteiger partial charge in [0.25, 0.3) is 0 Å². The number of hydrogen-bond acceptors (Lipinski definition) is 2. The third kappa shape index (κ3) is 1.67. The van der Waals surface area contributed by atoms with Crippen LogP contribution in [0.5, 0.6) is 0 Å². The van der Waals surface area contributed by atoms with Crippen LogP contribution in [0.1, 0.15) is 39.5 Å². The summed E-state index contributed by atoms with van der Waals surface area (Å²) < 4.78 is 11.2. The average Bonchev–Trinajstić information content (AvgIpc) is 2.55. The molecule has 0 spiro atoms. The summed E-state index contributed by atoms with van der Waals surface area (Å²) in [7, 11) is -2.54. The van der Waals surface area contributed by atoms with Crippen LogP contribution in [0.25, 0.3) is 0 Å². The number of carboxylic acids is 1. The van der Waals surface area contributed by atoms with Gasteiger partial charge in [-0.05, 0) is 42.1 Å². The smallest absolute Gasteiger partial charge is 0.321 e. The molecule has 4 heteroatoms. The minimum atomic E-state index is -2.54. The Morgan fingerprint density at radius 3 is 2.21 bits per heavy atom. The molecule has 0 aliphatic heterocycles. The monoisotopic (exact) mass is 218 g/mol. The zero-order chi connectivity index (χ0) is 11.0. The van der Waals surface area contributed by atoms with Gasteiger partial charge in [-0.2, -0.15) is 0 Å². The van der Waals surface area contributed by atoms with Gasteiger partial charge < -0.3 is 5.11 Å². The highest BCUT2D eigenvalue weighted by atomic mass is 32.2. The molecule has 0 aromatic carbocycles. The maximum absolute atomic E-state index is 12.4. The first-order chi connectivity index (χ1) is 6.30. The van der Waals surface area contributed by atoms with Gasteiger partial charge in [0.1, 0.15) is 4.75 Å². The highest BCUT2D eigenvalue weighted by molar-refractivity contribution is 8.02. The van der Waals surface area contributed by atoms with Crippen molar-refractivity contribution in [3.63, 3.8) is 0 Å². The molecule has 1 N–H and O–H groups in total. The van der Waals surface area contributed by atoms with E-state index in [0.29, 0.717) is 0 Å². The molecule has 3 nitrogen and oxygen atoms in total. The maximum Gasteiger partial charge on any atom is 0.321 e. The van der Waals surface area contributed by atoms with Crippen LogP contribution in [0.4, 0.5) is 0 Å². The highest BCUT2D eigenvalue weighted by Gasteiger charge is 2.41. The van der Waals surface area contributed by atoms with E-state index >= 15 is 0 Å². The molecule has 0 saturated heterocycles. The lowest BCUT2D eigenvalue weighted by atomic mass is 10.2. The van der Waals surface area contributed by atoms with Crippen LogP contribution < -0.4 is 0 Å². The standard InChI is InChI=1S/C10H18O3S/c1-10(2,9(11)12)14(3,13)8-6-4-5-7-8/h8H,3-7H2,1-2H3,(H,11,12). The predicted octanol–water partition coefficient (Wildman–Crippen LogP) is 1.51. The van der Waals surface area contributed by atoms with Crippen LogP contribution in [-0.2, 0) is 14.3 Å². The minimum Gasteiger partial charge on any atom is -0.480 e. The van der Waals surface area contributed by atoms with Crippen molar-refractivity contribution in [2.45, 2.75) is 49.5 Å². The van der Waals surface area contributed by atoms with Crippen molar-refractivity contribution in [3.05, 3.63) is 0 Å². The van der Waals surface area contributed by atoms with E-state index in [9.17, 15) is 9.00 Å². The number of hydrogen-bond donors (Lipinski definition) is 1. The first kappa shape index (κ1) is 11.6. The van der Waals surface area contributed by atoms with Crippen molar-refractivity contribution in [1.29, 1.82) is 0 Å². The Balaban J connectivity index is 3.00. The first-order valence-electron chi connectivity index (χ1n) is 4.89. The van der Waals surface area contributed by atoms with Gasteiger partial charge in [-0.25, -0.2) is 0 Å². The Morgan fingerprint density at radius 1 is 1.43 bits per heavy atom. The van der Waals surface area contributed by atoms with Crippen molar-refractivity contribution in [2.75, 3.05) is 0 Å². The normalized spacial score (nSPS) is 23.3. The van der Waals surface area contributed by atoms with E-state index in [1.165, 1.54) is 13.8 Å². The van der Waals surface area contributed by atoms with Crippen LogP contribution >= 0.6 is 0 Å². The quantitative estimate of drug-likeness (QED) is 0.730. The molecule has 0 aromatic rings. The molecule has 0 bridgehead atoms. The molecule has 0 radical (unpaired) electrons. The van der Waals surface area contributed by atoms with E-state index < -0.39 is 20.2 Å². The Hall–Kier alpha value is -0.510. The lowest BCUT2D eigenvalue weighted by Crippen LogP contribution is -2.45. The van der Waals surface area contributed by atoms with Gasteiger partial charge in [0, 0.05) is 5.25 Å². The van der Waals surface area contributed by atoms with Gasteiger partial charge in [0.15, 0.2) is 0 Å². The summed E-state index contributed by atoms with van der Waals surface area (Å²) in [4.78, 5) is 11.0. The van der Waals surface area contributed by atoms with Crippen molar-refractivity contribution in [3.8, 4) is 0 Å². The van der Waals surface area contributed by atoms with Gasteiger partial charge in [-0.15, -0.1) is 0 Å². The second-order valence-corrected chi connectivity index (χ2v) is 7.59. The zero-order valence-corrected chi connectivity index (χ0v) is 9.60. The van der Waals surface area contributed by atoms with E-state index in [1.54, 1.807) is 0 Å². The fourth-order valence-electron chi connectivity index (χ4n) is 1.83. The third-order valence-electron chi connectivity index (χ3n) is 3.22. The highest BCUT2D eigenvalue weighted by Crippen LogP contribution is 2.32. The SMILES string of the molecule is C=S(=O)(C1CCCC1)C(C)(C)C(=O)O. The largest absolute Gasteiger partial charge is 0.480 e.